The summed E-state index contributed by atoms with van der Waals surface area (Å²) in [6.45, 7) is 7.39. The average molecular weight is 1150 g/mol. The van der Waals surface area contributed by atoms with E-state index in [1.54, 1.807) is 49.1 Å². The number of anilines is 6. The van der Waals surface area contributed by atoms with Crippen LogP contribution in [0.1, 0.15) is 18.6 Å². The minimum Gasteiger partial charge on any atom is -0.478 e. The third-order valence-corrected chi connectivity index (χ3v) is 12.8. The number of morpholine rings is 2. The number of carboxylic acids is 1. The summed E-state index contributed by atoms with van der Waals surface area (Å²) in [6.07, 6.45) is 9.76. The molecule has 3 amide bonds. The molecule has 4 aromatic carbocycles. The van der Waals surface area contributed by atoms with Gasteiger partial charge in [0.05, 0.1) is 50.0 Å². The van der Waals surface area contributed by atoms with E-state index in [-0.39, 0.29) is 44.0 Å². The van der Waals surface area contributed by atoms with Crippen molar-refractivity contribution < 1.29 is 33.8 Å². The summed E-state index contributed by atoms with van der Waals surface area (Å²) in [4.78, 5) is 79.8. The van der Waals surface area contributed by atoms with Gasteiger partial charge in [0.25, 0.3) is 0 Å². The number of carboxylic acid groups (broad SMARTS) is 1. The number of nitrogens with zero attached hydrogens (tertiary/aromatic N) is 8. The largest absolute Gasteiger partial charge is 0.478 e. The molecule has 22 heteroatoms. The van der Waals surface area contributed by atoms with Gasteiger partial charge in [-0.2, -0.15) is 0 Å². The summed E-state index contributed by atoms with van der Waals surface area (Å²) in [5, 5.41) is 18.8. The van der Waals surface area contributed by atoms with Crippen molar-refractivity contribution in [3.63, 3.8) is 0 Å². The molecule has 0 atom stereocenters. The number of aromatic amines is 2. The van der Waals surface area contributed by atoms with E-state index < -0.39 is 5.97 Å². The van der Waals surface area contributed by atoms with Crippen molar-refractivity contribution in [1.29, 1.82) is 0 Å². The number of H-pyrrole nitrogens is 2. The van der Waals surface area contributed by atoms with Crippen LogP contribution in [0.3, 0.4) is 0 Å². The van der Waals surface area contributed by atoms with E-state index in [1.807, 2.05) is 111 Å². The Labute approximate surface area is 489 Å². The van der Waals surface area contributed by atoms with Crippen molar-refractivity contribution in [3.05, 3.63) is 157 Å². The number of ether oxygens (including phenoxy) is 2. The normalized spacial score (nSPS) is 13.2. The first kappa shape index (κ1) is 63.2. The topological polar surface area (TPSA) is 265 Å². The fraction of sp³-hybridized carbons (Fsp3) is 0.279. The molecule has 8 N–H and O–H groups in total. The number of hydrogen-bond acceptors (Lipinski definition) is 15. The Morgan fingerprint density at radius 1 is 0.578 bits per heavy atom. The maximum absolute atomic E-state index is 12.6. The number of aromatic nitrogens is 6. The Kier molecular flexibility index (Phi) is 23.8. The number of hydrogen-bond donors (Lipinski definition) is 7. The van der Waals surface area contributed by atoms with Crippen LogP contribution in [0, 0.1) is 0 Å². The van der Waals surface area contributed by atoms with E-state index >= 15 is 0 Å². The van der Waals surface area contributed by atoms with Gasteiger partial charge < -0.3 is 65.8 Å². The molecular formula is C61H73ClN14O7. The number of benzene rings is 4. The molecule has 8 aromatic rings. The SMILES string of the molecule is C.CN(C)C/C=C/C(=O)Nc1ccc(CC(=O)Nc2ccc(-c3cc4c(N5CCOCC5)ncnc4[nH]3)cc2)cc1.CN(C)C/C=C/C(=O)O.Cl.Nc1ccc(CC(=O)Nc2ccc(-c3cc4c(N5CCOCC5)ncnc4[nH]3)cc2)cc1. The van der Waals surface area contributed by atoms with Crippen LogP contribution >= 0.6 is 12.4 Å². The zero-order chi connectivity index (χ0) is 57.1. The second-order valence-electron chi connectivity index (χ2n) is 19.7. The lowest BCUT2D eigenvalue weighted by Crippen LogP contribution is -2.36. The number of carbonyl (C=O) groups excluding carboxylic acids is 3. The van der Waals surface area contributed by atoms with E-state index in [4.69, 9.17) is 20.3 Å². The van der Waals surface area contributed by atoms with E-state index in [9.17, 15) is 19.2 Å². The van der Waals surface area contributed by atoms with Crippen LogP contribution in [0.4, 0.5) is 34.4 Å². The number of carbonyl (C=O) groups is 4. The van der Waals surface area contributed by atoms with E-state index in [2.05, 4.69) is 67.8 Å². The minimum atomic E-state index is -0.892. The minimum absolute atomic E-state index is 0. The fourth-order valence-electron chi connectivity index (χ4n) is 8.73. The lowest BCUT2D eigenvalue weighted by molar-refractivity contribution is -0.131. The molecule has 83 heavy (non-hydrogen) atoms. The molecule has 0 aliphatic carbocycles. The quantitative estimate of drug-likeness (QED) is 0.0335. The zero-order valence-corrected chi connectivity index (χ0v) is 47.1. The lowest BCUT2D eigenvalue weighted by Gasteiger charge is -2.27. The number of aliphatic carboxylic acids is 1. The van der Waals surface area contributed by atoms with Crippen molar-refractivity contribution >= 4 is 92.5 Å². The Bertz CT molecular complexity index is 3430. The highest BCUT2D eigenvalue weighted by Gasteiger charge is 2.20. The third-order valence-electron chi connectivity index (χ3n) is 12.8. The number of nitrogens with one attached hydrogen (secondary N) is 5. The standard InChI is InChI=1S/C30H33N7O3.C24H24N6O2.C6H11NO2.CH4.ClH/c1-36(2)13-3-4-27(38)33-23-9-5-21(6-10-23)18-28(39)34-24-11-7-22(8-12-24)26-19-25-29(35-26)31-20-32-30(25)37-14-16-40-17-15-37;25-18-5-1-16(2-6-18)13-22(31)28-19-7-3-17(4-8-19)21-14-20-23(29-21)26-15-27-24(20)30-9-11-32-12-10-30;1-7(2)5-3-4-6(8)9;;/h3-12,19-20H,13-18H2,1-2H3,(H,33,38)(H,34,39)(H,31,32,35);1-8,14-15H,9-13,25H2,(H,28,31)(H,26,27,29);3-4H,5H2,1-2H3,(H,8,9);1H4;1H/b4-3+;;4-3+;;. The molecule has 0 radical (unpaired) electrons. The van der Waals surface area contributed by atoms with Gasteiger partial charge in [-0.15, -0.1) is 12.4 Å². The van der Waals surface area contributed by atoms with Gasteiger partial charge in [-0.25, -0.2) is 24.7 Å². The predicted octanol–water partition coefficient (Wildman–Crippen LogP) is 8.17. The van der Waals surface area contributed by atoms with Crippen LogP contribution in [-0.2, 0) is 41.5 Å². The first-order chi connectivity index (χ1) is 39.2. The Hall–Kier alpha value is -8.99. The first-order valence-corrected chi connectivity index (χ1v) is 26.5. The van der Waals surface area contributed by atoms with Crippen LogP contribution in [0.25, 0.3) is 44.6 Å². The second-order valence-corrected chi connectivity index (χ2v) is 19.7. The molecule has 2 aliphatic rings. The highest BCUT2D eigenvalue weighted by atomic mass is 35.5. The van der Waals surface area contributed by atoms with E-state index in [0.717, 1.165) is 105 Å². The molecule has 10 rings (SSSR count). The molecule has 2 aliphatic heterocycles. The van der Waals surface area contributed by atoms with Crippen LogP contribution in [0.5, 0.6) is 0 Å². The predicted molar refractivity (Wildman–Crippen MR) is 332 cm³/mol. The van der Waals surface area contributed by atoms with Crippen molar-refractivity contribution in [2.45, 2.75) is 20.3 Å². The smallest absolute Gasteiger partial charge is 0.328 e. The highest BCUT2D eigenvalue weighted by molar-refractivity contribution is 5.99. The highest BCUT2D eigenvalue weighted by Crippen LogP contribution is 2.31. The lowest BCUT2D eigenvalue weighted by atomic mass is 10.1. The van der Waals surface area contributed by atoms with Gasteiger partial charge in [0, 0.05) is 85.6 Å². The van der Waals surface area contributed by atoms with Gasteiger partial charge in [0.2, 0.25) is 17.7 Å². The Morgan fingerprint density at radius 3 is 1.37 bits per heavy atom. The molecule has 436 valence electrons. The molecule has 6 heterocycles. The summed E-state index contributed by atoms with van der Waals surface area (Å²) in [5.74, 6) is 0.565. The van der Waals surface area contributed by atoms with Gasteiger partial charge >= 0.3 is 5.97 Å². The maximum atomic E-state index is 12.6. The van der Waals surface area contributed by atoms with Gasteiger partial charge in [0.1, 0.15) is 35.6 Å². The van der Waals surface area contributed by atoms with Gasteiger partial charge in [-0.05, 0) is 111 Å². The third kappa shape index (κ3) is 19.1. The van der Waals surface area contributed by atoms with Gasteiger partial charge in [0.15, 0.2) is 0 Å². The molecule has 0 spiro atoms. The number of amides is 3. The number of halogens is 1. The number of likely N-dealkylation sites (N-methyl/N-ethyl adjacent to an activating group) is 2. The number of nitrogens with two attached hydrogens (primary N) is 1. The van der Waals surface area contributed by atoms with Crippen LogP contribution in [-0.4, -0.2) is 162 Å². The molecule has 2 fully saturated rings. The summed E-state index contributed by atoms with van der Waals surface area (Å²) in [6, 6.07) is 34.2. The first-order valence-electron chi connectivity index (χ1n) is 26.5. The fourth-order valence-corrected chi connectivity index (χ4v) is 8.73. The number of rotatable bonds is 17. The maximum Gasteiger partial charge on any atom is 0.328 e. The van der Waals surface area contributed by atoms with Gasteiger partial charge in [-0.3, -0.25) is 14.4 Å². The zero-order valence-electron chi connectivity index (χ0n) is 46.3. The Morgan fingerprint density at radius 2 is 0.964 bits per heavy atom. The summed E-state index contributed by atoms with van der Waals surface area (Å²) < 4.78 is 10.9. The summed E-state index contributed by atoms with van der Waals surface area (Å²) >= 11 is 0. The van der Waals surface area contributed by atoms with Crippen LogP contribution in [0.2, 0.25) is 0 Å². The van der Waals surface area contributed by atoms with Crippen molar-refractivity contribution in [1.82, 2.24) is 39.7 Å². The van der Waals surface area contributed by atoms with E-state index in [0.29, 0.717) is 63.0 Å². The van der Waals surface area contributed by atoms with Crippen molar-refractivity contribution in [3.8, 4) is 22.5 Å². The summed E-state index contributed by atoms with van der Waals surface area (Å²) in [7, 11) is 7.64. The van der Waals surface area contributed by atoms with Crippen molar-refractivity contribution in [2.24, 2.45) is 0 Å². The molecule has 21 nitrogen and oxygen atoms in total. The summed E-state index contributed by atoms with van der Waals surface area (Å²) in [5.41, 5.74) is 15.8. The van der Waals surface area contributed by atoms with Gasteiger partial charge in [-0.1, -0.05) is 68.1 Å². The van der Waals surface area contributed by atoms with Crippen molar-refractivity contribution in [2.75, 3.05) is 125 Å². The Balaban J connectivity index is 0.000000231. The molecule has 0 saturated carbocycles. The van der Waals surface area contributed by atoms with Crippen LogP contribution < -0.4 is 31.5 Å². The average Bonchev–Trinajstić information content (AvgIpc) is 3.35. The molecule has 0 bridgehead atoms. The number of nitrogen functional groups attached to an aromatic ring is 1. The number of fused-ring (bicyclic) bond motifs is 2. The molecular weight excluding hydrogens is 1080 g/mol. The monoisotopic (exact) mass is 1150 g/mol. The molecule has 2 saturated heterocycles. The second kappa shape index (κ2) is 31.3. The van der Waals surface area contributed by atoms with Crippen LogP contribution in [0.15, 0.2) is 146 Å². The van der Waals surface area contributed by atoms with E-state index in [1.165, 1.54) is 6.08 Å². The molecule has 4 aromatic heterocycles. The molecule has 0 unspecified atom stereocenters.